The lowest BCUT2D eigenvalue weighted by molar-refractivity contribution is -0.128. The third-order valence-corrected chi connectivity index (χ3v) is 9.42. The van der Waals surface area contributed by atoms with Gasteiger partial charge in [-0.25, -0.2) is 0 Å². The van der Waals surface area contributed by atoms with Gasteiger partial charge >= 0.3 is 0 Å². The van der Waals surface area contributed by atoms with E-state index in [2.05, 4.69) is 81.1 Å². The number of amides is 2. The van der Waals surface area contributed by atoms with Crippen LogP contribution in [0.2, 0.25) is 5.02 Å². The molecular formula is C35H42ClN5O2. The summed E-state index contributed by atoms with van der Waals surface area (Å²) in [6.07, 6.45) is 4.00. The average Bonchev–Trinajstić information content (AvgIpc) is 3.45. The van der Waals surface area contributed by atoms with Crippen molar-refractivity contribution in [2.75, 3.05) is 44.2 Å². The predicted molar refractivity (Wildman–Crippen MR) is 172 cm³/mol. The van der Waals surface area contributed by atoms with E-state index in [1.54, 1.807) is 0 Å². The van der Waals surface area contributed by atoms with Gasteiger partial charge < -0.3 is 20.4 Å². The van der Waals surface area contributed by atoms with E-state index in [0.29, 0.717) is 19.4 Å². The summed E-state index contributed by atoms with van der Waals surface area (Å²) >= 11 is 6.15. The molecule has 3 aromatic carbocycles. The van der Waals surface area contributed by atoms with E-state index < -0.39 is 0 Å². The zero-order valence-electron chi connectivity index (χ0n) is 24.8. The molecule has 2 amide bonds. The number of carbonyl (C=O) groups is 2. The fourth-order valence-electron chi connectivity index (χ4n) is 6.65. The highest BCUT2D eigenvalue weighted by molar-refractivity contribution is 6.30. The third kappa shape index (κ3) is 7.58. The first-order valence-electron chi connectivity index (χ1n) is 15.7. The number of anilines is 1. The Balaban J connectivity index is 1.05. The lowest BCUT2D eigenvalue weighted by Crippen LogP contribution is -2.52. The van der Waals surface area contributed by atoms with Crippen LogP contribution in [0.25, 0.3) is 0 Å². The quantitative estimate of drug-likeness (QED) is 0.361. The fourth-order valence-corrected chi connectivity index (χ4v) is 6.78. The molecule has 0 unspecified atom stereocenters. The van der Waals surface area contributed by atoms with Crippen molar-refractivity contribution in [1.29, 1.82) is 0 Å². The van der Waals surface area contributed by atoms with E-state index >= 15 is 0 Å². The molecule has 43 heavy (non-hydrogen) atoms. The standard InChI is InChI=1S/C35H42ClN5O2/c36-30-13-11-26(12-14-30)22-31(38-35(43)32-23-27-6-1-2-7-28(27)24-37-32)15-17-39-18-20-40(21-19-39)33-9-4-3-8-29(33)25-41-16-5-10-34(41)42/h1-4,6-9,11-14,31-32,37H,5,10,15-25H2,(H,38,43)/t31-,32+/m0/s1. The van der Waals surface area contributed by atoms with Gasteiger partial charge in [0.25, 0.3) is 0 Å². The minimum atomic E-state index is -0.220. The highest BCUT2D eigenvalue weighted by Gasteiger charge is 2.27. The van der Waals surface area contributed by atoms with Gasteiger partial charge in [-0.3, -0.25) is 14.5 Å². The van der Waals surface area contributed by atoms with Crippen LogP contribution >= 0.6 is 11.6 Å². The van der Waals surface area contributed by atoms with Gasteiger partial charge in [-0.2, -0.15) is 0 Å². The van der Waals surface area contributed by atoms with Gasteiger partial charge in [0, 0.05) is 75.5 Å². The number of hydrogen-bond donors (Lipinski definition) is 2. The normalized spacial score (nSPS) is 19.7. The SMILES string of the molecule is O=C(N[C@@H](CCN1CCN(c2ccccc2CN2CCCC2=O)CC1)Cc1ccc(Cl)cc1)[C@H]1Cc2ccccc2CN1. The molecule has 0 saturated carbocycles. The largest absolute Gasteiger partial charge is 0.369 e. The first-order chi connectivity index (χ1) is 21.0. The number of hydrogen-bond acceptors (Lipinski definition) is 5. The molecule has 3 aromatic rings. The number of rotatable bonds is 10. The van der Waals surface area contributed by atoms with Gasteiger partial charge in [-0.1, -0.05) is 66.2 Å². The predicted octanol–water partition coefficient (Wildman–Crippen LogP) is 4.42. The summed E-state index contributed by atoms with van der Waals surface area (Å²) in [6, 6.07) is 24.7. The topological polar surface area (TPSA) is 67.9 Å². The molecule has 6 rings (SSSR count). The Morgan fingerprint density at radius 3 is 2.44 bits per heavy atom. The van der Waals surface area contributed by atoms with Gasteiger partial charge in [0.2, 0.25) is 11.8 Å². The van der Waals surface area contributed by atoms with Crippen LogP contribution in [0.5, 0.6) is 0 Å². The fraction of sp³-hybridized carbons (Fsp3) is 0.429. The molecule has 0 aromatic heterocycles. The number of carbonyl (C=O) groups excluding carboxylic acids is 2. The first kappa shape index (κ1) is 29.7. The molecule has 0 aliphatic carbocycles. The molecule has 3 aliphatic rings. The molecule has 2 N–H and O–H groups in total. The average molecular weight is 600 g/mol. The highest BCUT2D eigenvalue weighted by atomic mass is 35.5. The second kappa shape index (κ2) is 13.9. The monoisotopic (exact) mass is 599 g/mol. The van der Waals surface area contributed by atoms with Crippen LogP contribution < -0.4 is 15.5 Å². The van der Waals surface area contributed by atoms with E-state index in [1.165, 1.54) is 27.9 Å². The first-order valence-corrected chi connectivity index (χ1v) is 16.1. The molecule has 2 saturated heterocycles. The number of benzene rings is 3. The summed E-state index contributed by atoms with van der Waals surface area (Å²) in [7, 11) is 0. The van der Waals surface area contributed by atoms with Gasteiger partial charge in [0.05, 0.1) is 6.04 Å². The van der Waals surface area contributed by atoms with E-state index in [4.69, 9.17) is 11.6 Å². The summed E-state index contributed by atoms with van der Waals surface area (Å²) in [5.41, 5.74) is 6.18. The van der Waals surface area contributed by atoms with Crippen LogP contribution in [-0.4, -0.2) is 73.0 Å². The molecule has 2 fully saturated rings. The third-order valence-electron chi connectivity index (χ3n) is 9.17. The van der Waals surface area contributed by atoms with E-state index in [9.17, 15) is 9.59 Å². The van der Waals surface area contributed by atoms with Gasteiger partial charge in [-0.15, -0.1) is 0 Å². The molecule has 8 heteroatoms. The molecule has 3 aliphatic heterocycles. The van der Waals surface area contributed by atoms with Crippen molar-refractivity contribution in [3.8, 4) is 0 Å². The van der Waals surface area contributed by atoms with Crippen LogP contribution in [-0.2, 0) is 35.5 Å². The van der Waals surface area contributed by atoms with Crippen LogP contribution in [0.1, 0.15) is 41.5 Å². The Hall–Kier alpha value is -3.39. The maximum atomic E-state index is 13.5. The van der Waals surface area contributed by atoms with Crippen molar-refractivity contribution in [2.45, 2.75) is 57.3 Å². The maximum absolute atomic E-state index is 13.5. The number of para-hydroxylation sites is 1. The van der Waals surface area contributed by atoms with Crippen molar-refractivity contribution in [3.63, 3.8) is 0 Å². The lowest BCUT2D eigenvalue weighted by atomic mass is 9.95. The summed E-state index contributed by atoms with van der Waals surface area (Å²) in [5, 5.41) is 7.56. The zero-order valence-corrected chi connectivity index (χ0v) is 25.6. The van der Waals surface area contributed by atoms with Crippen LogP contribution in [0, 0.1) is 0 Å². The molecule has 3 heterocycles. The Kier molecular flexibility index (Phi) is 9.61. The van der Waals surface area contributed by atoms with Crippen LogP contribution in [0.15, 0.2) is 72.8 Å². The Labute approximate surface area is 260 Å². The Morgan fingerprint density at radius 1 is 0.930 bits per heavy atom. The zero-order chi connectivity index (χ0) is 29.6. The molecule has 0 radical (unpaired) electrons. The minimum absolute atomic E-state index is 0.0319. The van der Waals surface area contributed by atoms with Crippen molar-refractivity contribution in [3.05, 3.63) is 100 Å². The number of likely N-dealkylation sites (tertiary alicyclic amines) is 1. The number of nitrogens with zero attached hydrogens (tertiary/aromatic N) is 3. The Morgan fingerprint density at radius 2 is 1.67 bits per heavy atom. The van der Waals surface area contributed by atoms with Crippen LogP contribution in [0.3, 0.4) is 0 Å². The maximum Gasteiger partial charge on any atom is 0.237 e. The van der Waals surface area contributed by atoms with E-state index in [-0.39, 0.29) is 23.9 Å². The summed E-state index contributed by atoms with van der Waals surface area (Å²) in [5.74, 6) is 0.343. The molecular weight excluding hydrogens is 558 g/mol. The number of halogens is 1. The number of nitrogens with one attached hydrogen (secondary N) is 2. The second-order valence-corrected chi connectivity index (χ2v) is 12.5. The number of fused-ring (bicyclic) bond motifs is 1. The smallest absolute Gasteiger partial charge is 0.237 e. The van der Waals surface area contributed by atoms with Crippen molar-refractivity contribution < 1.29 is 9.59 Å². The minimum Gasteiger partial charge on any atom is -0.369 e. The highest BCUT2D eigenvalue weighted by Crippen LogP contribution is 2.25. The lowest BCUT2D eigenvalue weighted by Gasteiger charge is -2.38. The van der Waals surface area contributed by atoms with Gasteiger partial charge in [0.15, 0.2) is 0 Å². The van der Waals surface area contributed by atoms with Gasteiger partial charge in [0.1, 0.15) is 0 Å². The second-order valence-electron chi connectivity index (χ2n) is 12.1. The molecule has 7 nitrogen and oxygen atoms in total. The molecule has 2 atom stereocenters. The van der Waals surface area contributed by atoms with Crippen LogP contribution in [0.4, 0.5) is 5.69 Å². The molecule has 0 spiro atoms. The summed E-state index contributed by atoms with van der Waals surface area (Å²) < 4.78 is 0. The summed E-state index contributed by atoms with van der Waals surface area (Å²) in [4.78, 5) is 32.7. The van der Waals surface area contributed by atoms with Gasteiger partial charge in [-0.05, 0) is 66.1 Å². The molecule has 0 bridgehead atoms. The Bertz CT molecular complexity index is 1410. The molecule has 226 valence electrons. The van der Waals surface area contributed by atoms with E-state index in [1.807, 2.05) is 17.0 Å². The van der Waals surface area contributed by atoms with Crippen molar-refractivity contribution in [1.82, 2.24) is 20.4 Å². The number of piperazine rings is 1. The van der Waals surface area contributed by atoms with Crippen molar-refractivity contribution >= 4 is 29.1 Å². The van der Waals surface area contributed by atoms with Crippen molar-refractivity contribution in [2.24, 2.45) is 0 Å². The summed E-state index contributed by atoms with van der Waals surface area (Å²) in [6.45, 7) is 7.05. The van der Waals surface area contributed by atoms with E-state index in [0.717, 1.165) is 70.1 Å².